The number of carbonyl (C=O) groups excluding carboxylic acids is 3. The number of likely N-dealkylation sites (tertiary alicyclic amines) is 2. The van der Waals surface area contributed by atoms with E-state index in [0.717, 1.165) is 87.6 Å². The number of piperidine rings is 2. The molecule has 0 bridgehead atoms. The van der Waals surface area contributed by atoms with Crippen molar-refractivity contribution in [3.8, 4) is 0 Å². The highest BCUT2D eigenvalue weighted by Gasteiger charge is 2.49. The Kier molecular flexibility index (Phi) is 8.29. The minimum absolute atomic E-state index is 0.0458. The van der Waals surface area contributed by atoms with Crippen LogP contribution in [0.15, 0.2) is 54.7 Å². The Morgan fingerprint density at radius 1 is 0.933 bits per heavy atom. The lowest BCUT2D eigenvalue weighted by Crippen LogP contribution is -2.57. The van der Waals surface area contributed by atoms with Gasteiger partial charge in [0.15, 0.2) is 0 Å². The zero-order valence-electron chi connectivity index (χ0n) is 26.3. The number of para-hydroxylation sites is 1. The van der Waals surface area contributed by atoms with Crippen molar-refractivity contribution in [1.29, 1.82) is 0 Å². The summed E-state index contributed by atoms with van der Waals surface area (Å²) in [5, 5.41) is 10.6. The molecule has 1 aromatic heterocycles. The van der Waals surface area contributed by atoms with Crippen molar-refractivity contribution in [2.45, 2.75) is 81.2 Å². The number of urea groups is 1. The van der Waals surface area contributed by atoms with Gasteiger partial charge in [-0.3, -0.25) is 9.59 Å². The Hall–Kier alpha value is -3.85. The van der Waals surface area contributed by atoms with Gasteiger partial charge in [-0.15, -0.1) is 0 Å². The highest BCUT2D eigenvalue weighted by Crippen LogP contribution is 2.52. The van der Waals surface area contributed by atoms with Crippen molar-refractivity contribution in [1.82, 2.24) is 30.7 Å². The highest BCUT2D eigenvalue weighted by molar-refractivity contribution is 5.91. The van der Waals surface area contributed by atoms with Crippen molar-refractivity contribution in [2.75, 3.05) is 39.3 Å². The Labute approximate surface area is 265 Å². The van der Waals surface area contributed by atoms with Gasteiger partial charge in [-0.1, -0.05) is 49.4 Å². The van der Waals surface area contributed by atoms with Crippen LogP contribution >= 0.6 is 0 Å². The summed E-state index contributed by atoms with van der Waals surface area (Å²) < 4.78 is 0. The fourth-order valence-corrected chi connectivity index (χ4v) is 8.49. The summed E-state index contributed by atoms with van der Waals surface area (Å²) in [7, 11) is 0. The average molecular weight is 611 g/mol. The number of rotatable bonds is 6. The third-order valence-corrected chi connectivity index (χ3v) is 11.0. The molecular weight excluding hydrogens is 564 g/mol. The number of aromatic nitrogens is 1. The topological polar surface area (TPSA) is 110 Å². The lowest BCUT2D eigenvalue weighted by Gasteiger charge is -2.42. The number of H-pyrrole nitrogens is 1. The molecule has 4 aliphatic rings. The van der Waals surface area contributed by atoms with Gasteiger partial charge in [0.2, 0.25) is 11.8 Å². The summed E-state index contributed by atoms with van der Waals surface area (Å²) in [4.78, 5) is 48.7. The Morgan fingerprint density at radius 2 is 1.69 bits per heavy atom. The molecule has 3 aliphatic heterocycles. The van der Waals surface area contributed by atoms with E-state index >= 15 is 0 Å². The number of hydrogen-bond donors (Lipinski definition) is 4. The summed E-state index contributed by atoms with van der Waals surface area (Å²) in [5.41, 5.74) is 4.39. The van der Waals surface area contributed by atoms with E-state index in [4.69, 9.17) is 0 Å². The minimum atomic E-state index is -0.713. The van der Waals surface area contributed by atoms with Crippen LogP contribution in [0.5, 0.6) is 0 Å². The van der Waals surface area contributed by atoms with Crippen LogP contribution in [0.25, 0.3) is 10.9 Å². The van der Waals surface area contributed by atoms with Crippen LogP contribution in [0.2, 0.25) is 0 Å². The van der Waals surface area contributed by atoms with Crippen LogP contribution in [0.3, 0.4) is 0 Å². The van der Waals surface area contributed by atoms with Crippen LogP contribution in [-0.4, -0.2) is 84.0 Å². The number of carbonyl (C=O) groups is 3. The number of nitrogens with zero attached hydrogens (tertiary/aromatic N) is 2. The standard InChI is InChI=1S/C36H46N6O3/c1-24(29-23-38-31-13-5-3-11-27(29)31)32(40-35(45)39-25-9-8-16-37-22-25)34(44)42-19-14-36(15-20-42)21-28(26-10-2-4-12-30(26)36)33(43)41-17-6-7-18-41/h2-5,10-13,23-25,28,32,37-38H,6-9,14-22H2,1H3,(H2,39,40,45)/t24-,25?,28-,32-/m1/s1. The molecule has 9 heteroatoms. The third-order valence-electron chi connectivity index (χ3n) is 11.0. The largest absolute Gasteiger partial charge is 0.361 e. The molecular formula is C36H46N6O3. The maximum Gasteiger partial charge on any atom is 0.315 e. The average Bonchev–Trinajstić information content (AvgIpc) is 3.83. The molecule has 238 valence electrons. The van der Waals surface area contributed by atoms with Crippen molar-refractivity contribution in [3.63, 3.8) is 0 Å². The van der Waals surface area contributed by atoms with Crippen LogP contribution < -0.4 is 16.0 Å². The molecule has 45 heavy (non-hydrogen) atoms. The van der Waals surface area contributed by atoms with E-state index in [1.165, 1.54) is 11.1 Å². The SMILES string of the molecule is C[C@H](c1c[nH]c2ccccc12)[C@@H](NC(=O)NC1CCCNC1)C(=O)N1CCC2(CC1)C[C@@H](C(=O)N1CCCC1)c1ccccc12. The van der Waals surface area contributed by atoms with E-state index in [1.54, 1.807) is 0 Å². The molecule has 7 rings (SSSR count). The van der Waals surface area contributed by atoms with E-state index in [1.807, 2.05) is 36.2 Å². The first-order valence-electron chi connectivity index (χ1n) is 16.9. The number of fused-ring (bicyclic) bond motifs is 3. The molecule has 4 amide bonds. The van der Waals surface area contributed by atoms with E-state index in [9.17, 15) is 14.4 Å². The molecule has 1 spiro atoms. The summed E-state index contributed by atoms with van der Waals surface area (Å²) >= 11 is 0. The van der Waals surface area contributed by atoms with Gasteiger partial charge in [-0.25, -0.2) is 4.79 Å². The summed E-state index contributed by atoms with van der Waals surface area (Å²) in [6, 6.07) is 15.6. The van der Waals surface area contributed by atoms with Gasteiger partial charge >= 0.3 is 6.03 Å². The molecule has 0 radical (unpaired) electrons. The molecule has 3 saturated heterocycles. The summed E-state index contributed by atoms with van der Waals surface area (Å²) in [6.45, 7) is 6.66. The Balaban J connectivity index is 1.10. The van der Waals surface area contributed by atoms with Crippen molar-refractivity contribution in [3.05, 3.63) is 71.4 Å². The maximum absolute atomic E-state index is 14.4. The number of amides is 4. The molecule has 1 unspecified atom stereocenters. The Bertz CT molecular complexity index is 1550. The van der Waals surface area contributed by atoms with Gasteiger partial charge < -0.3 is 30.7 Å². The minimum Gasteiger partial charge on any atom is -0.361 e. The molecule has 3 fully saturated rings. The van der Waals surface area contributed by atoms with Crippen molar-refractivity contribution in [2.24, 2.45) is 0 Å². The predicted octanol–water partition coefficient (Wildman–Crippen LogP) is 4.36. The van der Waals surface area contributed by atoms with Crippen molar-refractivity contribution >= 4 is 28.7 Å². The molecule has 2 aromatic carbocycles. The molecule has 1 aliphatic carbocycles. The molecule has 9 nitrogen and oxygen atoms in total. The number of nitrogens with one attached hydrogen (secondary N) is 4. The first-order chi connectivity index (χ1) is 21.9. The third kappa shape index (κ3) is 5.71. The summed E-state index contributed by atoms with van der Waals surface area (Å²) in [5.74, 6) is -0.118. The zero-order chi connectivity index (χ0) is 31.0. The van der Waals surface area contributed by atoms with Gasteiger partial charge in [0.25, 0.3) is 0 Å². The smallest absolute Gasteiger partial charge is 0.315 e. The van der Waals surface area contributed by atoms with Gasteiger partial charge in [0, 0.05) is 67.2 Å². The monoisotopic (exact) mass is 610 g/mol. The van der Waals surface area contributed by atoms with E-state index in [0.29, 0.717) is 13.1 Å². The first-order valence-corrected chi connectivity index (χ1v) is 16.9. The van der Waals surface area contributed by atoms with Gasteiger partial charge in [0.05, 0.1) is 5.92 Å². The first kappa shape index (κ1) is 29.8. The quantitative estimate of drug-likeness (QED) is 0.333. The van der Waals surface area contributed by atoms with Gasteiger partial charge in [0.1, 0.15) is 6.04 Å². The predicted molar refractivity (Wildman–Crippen MR) is 175 cm³/mol. The second kappa shape index (κ2) is 12.5. The van der Waals surface area contributed by atoms with Crippen molar-refractivity contribution < 1.29 is 14.4 Å². The van der Waals surface area contributed by atoms with Gasteiger partial charge in [-0.05, 0) is 74.2 Å². The number of aromatic amines is 1. The second-order valence-corrected chi connectivity index (χ2v) is 13.7. The molecule has 4 heterocycles. The fourth-order valence-electron chi connectivity index (χ4n) is 8.49. The zero-order valence-corrected chi connectivity index (χ0v) is 26.3. The second-order valence-electron chi connectivity index (χ2n) is 13.7. The molecule has 4 N–H and O–H groups in total. The Morgan fingerprint density at radius 3 is 2.47 bits per heavy atom. The lowest BCUT2D eigenvalue weighted by atomic mass is 9.73. The van der Waals surface area contributed by atoms with Crippen LogP contribution in [0.1, 0.15) is 80.4 Å². The van der Waals surface area contributed by atoms with E-state index in [-0.39, 0.29) is 41.1 Å². The van der Waals surface area contributed by atoms with Crippen LogP contribution in [0.4, 0.5) is 4.79 Å². The molecule has 3 aromatic rings. The summed E-state index contributed by atoms with van der Waals surface area (Å²) in [6.07, 6.45) is 8.53. The molecule has 4 atom stereocenters. The van der Waals surface area contributed by atoms with E-state index < -0.39 is 6.04 Å². The fraction of sp³-hybridized carbons (Fsp3) is 0.528. The van der Waals surface area contributed by atoms with Crippen LogP contribution in [-0.2, 0) is 15.0 Å². The number of benzene rings is 2. The van der Waals surface area contributed by atoms with Crippen LogP contribution in [0, 0.1) is 0 Å². The molecule has 0 saturated carbocycles. The maximum atomic E-state index is 14.4. The number of hydrogen-bond acceptors (Lipinski definition) is 4. The lowest BCUT2D eigenvalue weighted by molar-refractivity contribution is -0.136. The normalized spacial score (nSPS) is 23.9. The van der Waals surface area contributed by atoms with E-state index in [2.05, 4.69) is 56.2 Å². The highest BCUT2D eigenvalue weighted by atomic mass is 16.2. The van der Waals surface area contributed by atoms with Gasteiger partial charge in [-0.2, -0.15) is 0 Å².